The van der Waals surface area contributed by atoms with Crippen LogP contribution in [0.5, 0.6) is 0 Å². The average molecular weight is 171 g/mol. The molecule has 0 saturated carbocycles. The number of nitrogens with two attached hydrogens (primary N) is 1. The van der Waals surface area contributed by atoms with E-state index in [2.05, 4.69) is 5.10 Å². The SMILES string of the molecule is CCOC(O)c1cn(C)nc1N. The van der Waals surface area contributed by atoms with Crippen molar-refractivity contribution in [2.24, 2.45) is 7.05 Å². The van der Waals surface area contributed by atoms with E-state index in [1.165, 1.54) is 4.68 Å². The highest BCUT2D eigenvalue weighted by atomic mass is 16.6. The number of aryl methyl sites for hydroxylation is 1. The molecule has 3 N–H and O–H groups in total. The Bertz CT molecular complexity index is 259. The van der Waals surface area contributed by atoms with Crippen LogP contribution in [0.2, 0.25) is 0 Å². The maximum atomic E-state index is 9.36. The van der Waals surface area contributed by atoms with E-state index in [1.54, 1.807) is 20.2 Å². The van der Waals surface area contributed by atoms with Crippen LogP contribution in [0.25, 0.3) is 0 Å². The molecule has 1 rings (SSSR count). The monoisotopic (exact) mass is 171 g/mol. The van der Waals surface area contributed by atoms with Gasteiger partial charge < -0.3 is 15.6 Å². The number of rotatable bonds is 3. The summed E-state index contributed by atoms with van der Waals surface area (Å²) in [6.45, 7) is 2.24. The molecule has 1 aromatic rings. The highest BCUT2D eigenvalue weighted by Gasteiger charge is 2.13. The van der Waals surface area contributed by atoms with Crippen LogP contribution in [0.3, 0.4) is 0 Å². The zero-order valence-corrected chi connectivity index (χ0v) is 7.19. The lowest BCUT2D eigenvalue weighted by Gasteiger charge is -2.07. The van der Waals surface area contributed by atoms with Crippen LogP contribution in [0.15, 0.2) is 6.20 Å². The highest BCUT2D eigenvalue weighted by molar-refractivity contribution is 5.37. The van der Waals surface area contributed by atoms with Crippen molar-refractivity contribution in [3.05, 3.63) is 11.8 Å². The molecule has 5 nitrogen and oxygen atoms in total. The maximum Gasteiger partial charge on any atom is 0.186 e. The molecular weight excluding hydrogens is 158 g/mol. The molecule has 0 aromatic carbocycles. The van der Waals surface area contributed by atoms with Gasteiger partial charge in [0.05, 0.1) is 5.56 Å². The minimum Gasteiger partial charge on any atom is -0.382 e. The lowest BCUT2D eigenvalue weighted by Crippen LogP contribution is -2.04. The van der Waals surface area contributed by atoms with E-state index in [-0.39, 0.29) is 0 Å². The predicted octanol–water partition coefficient (Wildman–Crippen LogP) is 0.0297. The molecule has 0 spiro atoms. The van der Waals surface area contributed by atoms with Crippen LogP contribution < -0.4 is 5.73 Å². The summed E-state index contributed by atoms with van der Waals surface area (Å²) in [5.74, 6) is 0.304. The second-order valence-electron chi connectivity index (χ2n) is 2.45. The predicted molar refractivity (Wildman–Crippen MR) is 44.2 cm³/mol. The maximum absolute atomic E-state index is 9.36. The molecule has 0 aliphatic rings. The molecule has 1 aromatic heterocycles. The van der Waals surface area contributed by atoms with Crippen molar-refractivity contribution in [1.29, 1.82) is 0 Å². The van der Waals surface area contributed by atoms with Crippen molar-refractivity contribution < 1.29 is 9.84 Å². The number of anilines is 1. The molecule has 0 aliphatic carbocycles. The molecule has 12 heavy (non-hydrogen) atoms. The highest BCUT2D eigenvalue weighted by Crippen LogP contribution is 2.18. The van der Waals surface area contributed by atoms with Gasteiger partial charge in [0.1, 0.15) is 0 Å². The number of nitrogens with zero attached hydrogens (tertiary/aromatic N) is 2. The molecule has 0 aliphatic heterocycles. The largest absolute Gasteiger partial charge is 0.382 e. The first-order valence-corrected chi connectivity index (χ1v) is 3.73. The van der Waals surface area contributed by atoms with E-state index < -0.39 is 6.29 Å². The van der Waals surface area contributed by atoms with Gasteiger partial charge in [-0.05, 0) is 6.92 Å². The molecular formula is C7H13N3O2. The van der Waals surface area contributed by atoms with Gasteiger partial charge in [0.2, 0.25) is 0 Å². The van der Waals surface area contributed by atoms with E-state index in [0.29, 0.717) is 18.0 Å². The van der Waals surface area contributed by atoms with Gasteiger partial charge in [0.25, 0.3) is 0 Å². The number of aliphatic hydroxyl groups is 1. The van der Waals surface area contributed by atoms with E-state index in [4.69, 9.17) is 10.5 Å². The summed E-state index contributed by atoms with van der Waals surface area (Å²) in [7, 11) is 1.73. The van der Waals surface area contributed by atoms with Crippen LogP contribution in [0.1, 0.15) is 18.8 Å². The number of ether oxygens (including phenoxy) is 1. The number of hydrogen-bond donors (Lipinski definition) is 2. The molecule has 5 heteroatoms. The van der Waals surface area contributed by atoms with Gasteiger partial charge >= 0.3 is 0 Å². The summed E-state index contributed by atoms with van der Waals surface area (Å²) in [5.41, 5.74) is 6.01. The van der Waals surface area contributed by atoms with Crippen molar-refractivity contribution >= 4 is 5.82 Å². The Hall–Kier alpha value is -1.07. The lowest BCUT2D eigenvalue weighted by molar-refractivity contribution is -0.0975. The molecule has 1 atom stereocenters. The summed E-state index contributed by atoms with van der Waals surface area (Å²) in [5, 5.41) is 13.2. The average Bonchev–Trinajstić information content (AvgIpc) is 2.30. The Morgan fingerprint density at radius 2 is 2.50 bits per heavy atom. The topological polar surface area (TPSA) is 73.3 Å². The van der Waals surface area contributed by atoms with Gasteiger partial charge in [-0.3, -0.25) is 4.68 Å². The first-order chi connectivity index (χ1) is 5.65. The summed E-state index contributed by atoms with van der Waals surface area (Å²) in [6, 6.07) is 0. The first kappa shape index (κ1) is 9.02. The second kappa shape index (κ2) is 3.55. The zero-order valence-electron chi connectivity index (χ0n) is 7.19. The van der Waals surface area contributed by atoms with E-state index >= 15 is 0 Å². The standard InChI is InChI=1S/C7H13N3O2/c1-3-12-7(11)5-4-10(2)9-6(5)8/h4,7,11H,3H2,1-2H3,(H2,8,9). The molecule has 0 radical (unpaired) electrons. The van der Waals surface area contributed by atoms with Crippen molar-refractivity contribution in [2.75, 3.05) is 12.3 Å². The summed E-state index contributed by atoms with van der Waals surface area (Å²) in [6.07, 6.45) is 0.666. The Morgan fingerprint density at radius 1 is 1.83 bits per heavy atom. The van der Waals surface area contributed by atoms with E-state index in [1.807, 2.05) is 0 Å². The summed E-state index contributed by atoms with van der Waals surface area (Å²) < 4.78 is 6.48. The molecule has 0 amide bonds. The van der Waals surface area contributed by atoms with Gasteiger partial charge in [-0.25, -0.2) is 0 Å². The lowest BCUT2D eigenvalue weighted by atomic mass is 10.3. The van der Waals surface area contributed by atoms with Crippen LogP contribution in [-0.2, 0) is 11.8 Å². The van der Waals surface area contributed by atoms with Crippen LogP contribution in [-0.4, -0.2) is 21.5 Å². The molecule has 1 heterocycles. The fourth-order valence-electron chi connectivity index (χ4n) is 0.962. The van der Waals surface area contributed by atoms with Gasteiger partial charge in [-0.1, -0.05) is 0 Å². The fraction of sp³-hybridized carbons (Fsp3) is 0.571. The summed E-state index contributed by atoms with van der Waals surface area (Å²) in [4.78, 5) is 0. The Morgan fingerprint density at radius 3 is 2.92 bits per heavy atom. The van der Waals surface area contributed by atoms with E-state index in [9.17, 15) is 5.11 Å². The third-order valence-corrected chi connectivity index (χ3v) is 1.48. The second-order valence-corrected chi connectivity index (χ2v) is 2.45. The van der Waals surface area contributed by atoms with Crippen LogP contribution in [0.4, 0.5) is 5.82 Å². The number of nitrogen functional groups attached to an aromatic ring is 1. The van der Waals surface area contributed by atoms with Gasteiger partial charge in [0.15, 0.2) is 12.1 Å². The van der Waals surface area contributed by atoms with Crippen molar-refractivity contribution in [2.45, 2.75) is 13.2 Å². The molecule has 1 unspecified atom stereocenters. The Labute approximate surface area is 70.7 Å². The smallest absolute Gasteiger partial charge is 0.186 e. The molecule has 68 valence electrons. The fourth-order valence-corrected chi connectivity index (χ4v) is 0.962. The third kappa shape index (κ3) is 1.75. The number of aliphatic hydroxyl groups excluding tert-OH is 1. The number of aromatic nitrogens is 2. The first-order valence-electron chi connectivity index (χ1n) is 3.73. The van der Waals surface area contributed by atoms with E-state index in [0.717, 1.165) is 0 Å². The van der Waals surface area contributed by atoms with Crippen molar-refractivity contribution in [3.8, 4) is 0 Å². The summed E-state index contributed by atoms with van der Waals surface area (Å²) >= 11 is 0. The van der Waals surface area contributed by atoms with Gasteiger partial charge in [-0.2, -0.15) is 5.10 Å². The zero-order chi connectivity index (χ0) is 9.14. The molecule has 0 saturated heterocycles. The molecule has 0 fully saturated rings. The third-order valence-electron chi connectivity index (χ3n) is 1.48. The van der Waals surface area contributed by atoms with Crippen molar-refractivity contribution in [3.63, 3.8) is 0 Å². The minimum atomic E-state index is -0.969. The molecule has 0 bridgehead atoms. The van der Waals surface area contributed by atoms with Gasteiger partial charge in [-0.15, -0.1) is 0 Å². The number of hydrogen-bond acceptors (Lipinski definition) is 4. The minimum absolute atomic E-state index is 0.304. The van der Waals surface area contributed by atoms with Crippen LogP contribution in [0, 0.1) is 0 Å². The van der Waals surface area contributed by atoms with Gasteiger partial charge in [0, 0.05) is 19.9 Å². The normalized spacial score (nSPS) is 13.2. The quantitative estimate of drug-likeness (QED) is 0.629. The van der Waals surface area contributed by atoms with Crippen molar-refractivity contribution in [1.82, 2.24) is 9.78 Å². The Kier molecular flexibility index (Phi) is 2.67. The van der Waals surface area contributed by atoms with Crippen LogP contribution >= 0.6 is 0 Å². The Balaban J connectivity index is 2.79.